The first-order valence-corrected chi connectivity index (χ1v) is 9.87. The number of rotatable bonds is 4. The number of nitrogens with one attached hydrogen (secondary N) is 2. The smallest absolute Gasteiger partial charge is 0.289 e. The summed E-state index contributed by atoms with van der Waals surface area (Å²) in [6, 6.07) is 9.51. The zero-order valence-corrected chi connectivity index (χ0v) is 16.1. The maximum atomic E-state index is 12.9. The minimum atomic E-state index is -0.576. The highest BCUT2D eigenvalue weighted by Crippen LogP contribution is 2.30. The Morgan fingerprint density at radius 3 is 2.64 bits per heavy atom. The average molecular weight is 411 g/mol. The van der Waals surface area contributed by atoms with Crippen LogP contribution >= 0.6 is 22.7 Å². The van der Waals surface area contributed by atoms with Crippen LogP contribution in [0, 0.1) is 0 Å². The summed E-state index contributed by atoms with van der Waals surface area (Å²) in [5.41, 5.74) is 3.87. The Balaban J connectivity index is 1.67. The van der Waals surface area contributed by atoms with E-state index in [1.165, 1.54) is 30.0 Å². The summed E-state index contributed by atoms with van der Waals surface area (Å²) in [6.45, 7) is 1.35. The van der Waals surface area contributed by atoms with E-state index in [4.69, 9.17) is 0 Å². The van der Waals surface area contributed by atoms with Crippen molar-refractivity contribution in [3.05, 3.63) is 63.5 Å². The third-order valence-corrected chi connectivity index (χ3v) is 5.47. The number of amides is 2. The monoisotopic (exact) mass is 411 g/mol. The van der Waals surface area contributed by atoms with Crippen molar-refractivity contribution in [1.82, 2.24) is 14.6 Å². The van der Waals surface area contributed by atoms with Crippen LogP contribution in [0.15, 0.2) is 52.2 Å². The number of anilines is 1. The molecule has 0 saturated carbocycles. The Morgan fingerprint density at radius 1 is 1.11 bits per heavy atom. The van der Waals surface area contributed by atoms with Gasteiger partial charge in [0.1, 0.15) is 16.9 Å². The van der Waals surface area contributed by atoms with E-state index in [2.05, 4.69) is 20.7 Å². The van der Waals surface area contributed by atoms with Gasteiger partial charge < -0.3 is 5.32 Å². The van der Waals surface area contributed by atoms with Crippen LogP contribution in [0.1, 0.15) is 17.4 Å². The number of fused-ring (bicyclic) bond motifs is 1. The van der Waals surface area contributed by atoms with Gasteiger partial charge in [0.05, 0.1) is 5.39 Å². The van der Waals surface area contributed by atoms with Crippen LogP contribution in [0.4, 0.5) is 5.13 Å². The molecular formula is C18H13N5O3S2. The van der Waals surface area contributed by atoms with E-state index in [1.54, 1.807) is 0 Å². The van der Waals surface area contributed by atoms with Crippen LogP contribution in [-0.2, 0) is 4.79 Å². The summed E-state index contributed by atoms with van der Waals surface area (Å²) in [5, 5.41) is 6.63. The number of carbonyl (C=O) groups is 2. The van der Waals surface area contributed by atoms with Gasteiger partial charge in [0, 0.05) is 23.2 Å². The molecule has 0 aliphatic carbocycles. The highest BCUT2D eigenvalue weighted by molar-refractivity contribution is 7.17. The quantitative estimate of drug-likeness (QED) is 0.537. The van der Waals surface area contributed by atoms with Crippen LogP contribution in [0.5, 0.6) is 0 Å². The lowest BCUT2D eigenvalue weighted by molar-refractivity contribution is -0.114. The summed E-state index contributed by atoms with van der Waals surface area (Å²) in [4.78, 5) is 45.3. The molecule has 0 radical (unpaired) electrons. The topological polar surface area (TPSA) is 106 Å². The van der Waals surface area contributed by atoms with E-state index < -0.39 is 5.91 Å². The molecule has 0 aliphatic heterocycles. The summed E-state index contributed by atoms with van der Waals surface area (Å²) in [5.74, 6) is -0.856. The largest absolute Gasteiger partial charge is 0.302 e. The molecule has 28 heavy (non-hydrogen) atoms. The van der Waals surface area contributed by atoms with Gasteiger partial charge in [-0.2, -0.15) is 0 Å². The molecule has 0 saturated heterocycles. The van der Waals surface area contributed by atoms with Gasteiger partial charge in [-0.05, 0) is 5.56 Å². The second-order valence-corrected chi connectivity index (χ2v) is 7.49. The molecule has 3 aromatic heterocycles. The number of aromatic nitrogens is 3. The van der Waals surface area contributed by atoms with E-state index in [1.807, 2.05) is 35.7 Å². The highest BCUT2D eigenvalue weighted by atomic mass is 32.1. The molecule has 0 fully saturated rings. The van der Waals surface area contributed by atoms with Crippen LogP contribution in [0.2, 0.25) is 0 Å². The van der Waals surface area contributed by atoms with Gasteiger partial charge >= 0.3 is 0 Å². The first-order chi connectivity index (χ1) is 13.5. The zero-order chi connectivity index (χ0) is 19.7. The Kier molecular flexibility index (Phi) is 4.72. The summed E-state index contributed by atoms with van der Waals surface area (Å²) in [6.07, 6.45) is 1.27. The Morgan fingerprint density at radius 2 is 1.89 bits per heavy atom. The first-order valence-electron chi connectivity index (χ1n) is 8.11. The normalized spacial score (nSPS) is 10.8. The minimum absolute atomic E-state index is 0.0920. The molecule has 4 rings (SSSR count). The van der Waals surface area contributed by atoms with E-state index in [0.717, 1.165) is 27.1 Å². The molecule has 0 spiro atoms. The van der Waals surface area contributed by atoms with Gasteiger partial charge in [0.15, 0.2) is 5.13 Å². The third kappa shape index (κ3) is 3.42. The standard InChI is InChI=1S/C18H13N5O3S2/c1-10(24)20-18-21-13(8-28-18)15(25)22-23-9-19-16-14(17(23)26)12(7-27-16)11-5-3-2-4-6-11/h2-9H,1H3,(H,22,25)(H,20,21,24). The molecule has 3 heterocycles. The molecule has 1 aromatic carbocycles. The van der Waals surface area contributed by atoms with E-state index in [-0.39, 0.29) is 17.2 Å². The third-order valence-electron chi connectivity index (χ3n) is 3.82. The van der Waals surface area contributed by atoms with Crippen molar-refractivity contribution in [3.63, 3.8) is 0 Å². The maximum Gasteiger partial charge on any atom is 0.289 e. The fraction of sp³-hybridized carbons (Fsp3) is 0.0556. The summed E-state index contributed by atoms with van der Waals surface area (Å²) >= 11 is 2.49. The predicted molar refractivity (Wildman–Crippen MR) is 109 cm³/mol. The number of thiazole rings is 1. The molecule has 4 aromatic rings. The van der Waals surface area contributed by atoms with Crippen molar-refractivity contribution >= 4 is 49.8 Å². The van der Waals surface area contributed by atoms with E-state index >= 15 is 0 Å². The summed E-state index contributed by atoms with van der Waals surface area (Å²) in [7, 11) is 0. The Labute approximate surface area is 166 Å². The molecule has 0 aliphatic rings. The van der Waals surface area contributed by atoms with Crippen LogP contribution < -0.4 is 16.3 Å². The lowest BCUT2D eigenvalue weighted by Crippen LogP contribution is -2.33. The van der Waals surface area contributed by atoms with E-state index in [9.17, 15) is 14.4 Å². The SMILES string of the molecule is CC(=O)Nc1nc(C(=O)Nn2cnc3scc(-c4ccccc4)c3c2=O)cs1. The highest BCUT2D eigenvalue weighted by Gasteiger charge is 2.16. The molecular weight excluding hydrogens is 398 g/mol. The molecule has 0 unspecified atom stereocenters. The molecule has 0 bridgehead atoms. The van der Waals surface area contributed by atoms with Crippen molar-refractivity contribution in [3.8, 4) is 11.1 Å². The van der Waals surface area contributed by atoms with Gasteiger partial charge in [-0.15, -0.1) is 22.7 Å². The minimum Gasteiger partial charge on any atom is -0.302 e. The van der Waals surface area contributed by atoms with Crippen molar-refractivity contribution < 1.29 is 9.59 Å². The molecule has 2 N–H and O–H groups in total. The molecule has 10 heteroatoms. The second kappa shape index (κ2) is 7.33. The Bertz CT molecular complexity index is 1240. The fourth-order valence-electron chi connectivity index (χ4n) is 2.59. The van der Waals surface area contributed by atoms with Gasteiger partial charge in [-0.25, -0.2) is 14.6 Å². The predicted octanol–water partition coefficient (Wildman–Crippen LogP) is 2.92. The van der Waals surface area contributed by atoms with Crippen LogP contribution in [0.25, 0.3) is 21.3 Å². The average Bonchev–Trinajstić information content (AvgIpc) is 3.31. The number of benzene rings is 1. The van der Waals surface area contributed by atoms with E-state index in [0.29, 0.717) is 15.3 Å². The number of thiophene rings is 1. The molecule has 0 atom stereocenters. The number of nitrogens with zero attached hydrogens (tertiary/aromatic N) is 3. The van der Waals surface area contributed by atoms with Gasteiger partial charge in [-0.3, -0.25) is 19.8 Å². The van der Waals surface area contributed by atoms with Gasteiger partial charge in [-0.1, -0.05) is 30.3 Å². The van der Waals surface area contributed by atoms with Gasteiger partial charge in [0.25, 0.3) is 11.5 Å². The van der Waals surface area contributed by atoms with Crippen molar-refractivity contribution in [1.29, 1.82) is 0 Å². The van der Waals surface area contributed by atoms with Crippen molar-refractivity contribution in [2.75, 3.05) is 10.7 Å². The van der Waals surface area contributed by atoms with Crippen molar-refractivity contribution in [2.24, 2.45) is 0 Å². The molecule has 140 valence electrons. The lowest BCUT2D eigenvalue weighted by atomic mass is 10.1. The lowest BCUT2D eigenvalue weighted by Gasteiger charge is -2.07. The Hall–Kier alpha value is -3.37. The van der Waals surface area contributed by atoms with Crippen molar-refractivity contribution in [2.45, 2.75) is 6.92 Å². The summed E-state index contributed by atoms with van der Waals surface area (Å²) < 4.78 is 1.04. The van der Waals surface area contributed by atoms with Crippen LogP contribution in [0.3, 0.4) is 0 Å². The second-order valence-electron chi connectivity index (χ2n) is 5.78. The number of carbonyl (C=O) groups excluding carboxylic acids is 2. The molecule has 2 amide bonds. The first kappa shape index (κ1) is 18.0. The maximum absolute atomic E-state index is 12.9. The number of hydrogen-bond donors (Lipinski definition) is 2. The zero-order valence-electron chi connectivity index (χ0n) is 14.5. The molecule has 8 nitrogen and oxygen atoms in total. The fourth-order valence-corrected chi connectivity index (χ4v) is 4.24. The van der Waals surface area contributed by atoms with Gasteiger partial charge in [0.2, 0.25) is 5.91 Å². The van der Waals surface area contributed by atoms with Crippen LogP contribution in [-0.4, -0.2) is 26.5 Å². The number of hydrogen-bond acceptors (Lipinski definition) is 7.